The average Bonchev–Trinajstić information content (AvgIpc) is 3.05. The van der Waals surface area contributed by atoms with Crippen molar-refractivity contribution in [3.05, 3.63) is 76.1 Å². The largest absolute Gasteiger partial charge is 0.478 e. The first kappa shape index (κ1) is 15.2. The lowest BCUT2D eigenvalue weighted by Crippen LogP contribution is -2.31. The van der Waals surface area contributed by atoms with E-state index in [1.54, 1.807) is 18.2 Å². The molecular weight excluding hydrogens is 329 g/mol. The number of nitrogens with one attached hydrogen (secondary N) is 1. The van der Waals surface area contributed by atoms with E-state index in [1.165, 1.54) is 12.1 Å². The van der Waals surface area contributed by atoms with Crippen LogP contribution in [-0.2, 0) is 0 Å². The molecule has 0 saturated heterocycles. The highest BCUT2D eigenvalue weighted by Crippen LogP contribution is 2.52. The Bertz CT molecular complexity index is 864. The summed E-state index contributed by atoms with van der Waals surface area (Å²) >= 11 is 6.33. The predicted molar refractivity (Wildman–Crippen MR) is 91.2 cm³/mol. The molecule has 4 rings (SSSR count). The van der Waals surface area contributed by atoms with Gasteiger partial charge in [-0.25, -0.2) is 9.18 Å². The second kappa shape index (κ2) is 5.64. The Morgan fingerprint density at radius 3 is 2.79 bits per heavy atom. The third kappa shape index (κ3) is 2.21. The summed E-state index contributed by atoms with van der Waals surface area (Å²) in [6.45, 7) is 0. The number of rotatable bonds is 2. The maximum atomic E-state index is 14.3. The van der Waals surface area contributed by atoms with Crippen LogP contribution in [-0.4, -0.2) is 11.1 Å². The number of anilines is 1. The number of allylic oxidation sites excluding steroid dienone is 2. The van der Waals surface area contributed by atoms with Gasteiger partial charge in [-0.1, -0.05) is 42.0 Å². The van der Waals surface area contributed by atoms with E-state index in [0.717, 1.165) is 6.42 Å². The minimum absolute atomic E-state index is 0.0611. The van der Waals surface area contributed by atoms with Gasteiger partial charge in [0, 0.05) is 11.5 Å². The molecule has 122 valence electrons. The van der Waals surface area contributed by atoms with Crippen LogP contribution in [0.3, 0.4) is 0 Å². The Morgan fingerprint density at radius 1 is 1.25 bits per heavy atom. The molecule has 2 aliphatic rings. The quantitative estimate of drug-likeness (QED) is 0.754. The molecular formula is C19H15ClFNO2. The summed E-state index contributed by atoms with van der Waals surface area (Å²) in [4.78, 5) is 11.6. The van der Waals surface area contributed by atoms with Crippen LogP contribution in [0.1, 0.15) is 39.9 Å². The Labute approximate surface area is 143 Å². The molecule has 3 nitrogen and oxygen atoms in total. The second-order valence-electron chi connectivity index (χ2n) is 6.19. The summed E-state index contributed by atoms with van der Waals surface area (Å²) in [5, 5.41) is 13.3. The van der Waals surface area contributed by atoms with Gasteiger partial charge in [0.15, 0.2) is 0 Å². The smallest absolute Gasteiger partial charge is 0.336 e. The van der Waals surface area contributed by atoms with Crippen LogP contribution in [0.15, 0.2) is 48.6 Å². The molecule has 0 bridgehead atoms. The van der Waals surface area contributed by atoms with E-state index in [2.05, 4.69) is 5.32 Å². The molecule has 2 aromatic carbocycles. The van der Waals surface area contributed by atoms with Crippen molar-refractivity contribution in [2.75, 3.05) is 5.32 Å². The van der Waals surface area contributed by atoms with Crippen molar-refractivity contribution in [1.29, 1.82) is 0 Å². The van der Waals surface area contributed by atoms with Crippen LogP contribution in [0, 0.1) is 11.7 Å². The molecule has 3 atom stereocenters. The third-order valence-corrected chi connectivity index (χ3v) is 5.25. The summed E-state index contributed by atoms with van der Waals surface area (Å²) in [7, 11) is 0. The summed E-state index contributed by atoms with van der Waals surface area (Å²) in [6.07, 6.45) is 4.81. The average molecular weight is 344 g/mol. The fourth-order valence-electron chi connectivity index (χ4n) is 3.90. The van der Waals surface area contributed by atoms with E-state index in [0.29, 0.717) is 21.8 Å². The number of carboxylic acids is 1. The third-order valence-electron chi connectivity index (χ3n) is 4.94. The van der Waals surface area contributed by atoms with Crippen LogP contribution in [0.25, 0.3) is 0 Å². The molecule has 1 aliphatic heterocycles. The predicted octanol–water partition coefficient (Wildman–Crippen LogP) is 5.00. The molecule has 0 spiro atoms. The monoisotopic (exact) mass is 343 g/mol. The number of hydrogen-bond acceptors (Lipinski definition) is 2. The van der Waals surface area contributed by atoms with Gasteiger partial charge in [0.25, 0.3) is 0 Å². The molecule has 24 heavy (non-hydrogen) atoms. The van der Waals surface area contributed by atoms with Gasteiger partial charge in [-0.05, 0) is 36.1 Å². The van der Waals surface area contributed by atoms with E-state index in [9.17, 15) is 14.3 Å². The molecule has 1 heterocycles. The van der Waals surface area contributed by atoms with Gasteiger partial charge >= 0.3 is 5.97 Å². The van der Waals surface area contributed by atoms with Crippen LogP contribution in [0.2, 0.25) is 5.02 Å². The van der Waals surface area contributed by atoms with Crippen LogP contribution in [0.5, 0.6) is 0 Å². The van der Waals surface area contributed by atoms with Gasteiger partial charge in [0.1, 0.15) is 5.82 Å². The summed E-state index contributed by atoms with van der Waals surface area (Å²) in [5.41, 5.74) is 2.12. The van der Waals surface area contributed by atoms with Crippen molar-refractivity contribution in [3.8, 4) is 0 Å². The zero-order valence-electron chi connectivity index (χ0n) is 12.7. The summed E-state index contributed by atoms with van der Waals surface area (Å²) < 4.78 is 14.3. The van der Waals surface area contributed by atoms with Crippen molar-refractivity contribution in [3.63, 3.8) is 0 Å². The first-order valence-electron chi connectivity index (χ1n) is 7.81. The Morgan fingerprint density at radius 2 is 2.04 bits per heavy atom. The van der Waals surface area contributed by atoms with E-state index in [-0.39, 0.29) is 29.3 Å². The number of carbonyl (C=O) groups is 1. The Balaban J connectivity index is 1.90. The highest BCUT2D eigenvalue weighted by Gasteiger charge is 2.41. The molecule has 0 saturated carbocycles. The second-order valence-corrected chi connectivity index (χ2v) is 6.59. The summed E-state index contributed by atoms with van der Waals surface area (Å²) in [6, 6.07) is 9.55. The normalized spacial score (nSPS) is 24.2. The number of fused-ring (bicyclic) bond motifs is 3. The highest BCUT2D eigenvalue weighted by atomic mass is 35.5. The fourth-order valence-corrected chi connectivity index (χ4v) is 4.12. The minimum atomic E-state index is -0.979. The number of hydrogen-bond donors (Lipinski definition) is 2. The van der Waals surface area contributed by atoms with Crippen molar-refractivity contribution >= 4 is 23.3 Å². The van der Waals surface area contributed by atoms with Crippen LogP contribution < -0.4 is 5.32 Å². The van der Waals surface area contributed by atoms with Gasteiger partial charge < -0.3 is 10.4 Å². The Hall–Kier alpha value is -2.33. The Kier molecular flexibility index (Phi) is 3.57. The van der Waals surface area contributed by atoms with Gasteiger partial charge in [0.05, 0.1) is 22.3 Å². The number of halogens is 2. The van der Waals surface area contributed by atoms with E-state index < -0.39 is 5.97 Å². The van der Waals surface area contributed by atoms with Crippen molar-refractivity contribution in [1.82, 2.24) is 0 Å². The summed E-state index contributed by atoms with van der Waals surface area (Å²) in [5.74, 6) is -1.27. The van der Waals surface area contributed by atoms with Gasteiger partial charge in [-0.15, -0.1) is 0 Å². The van der Waals surface area contributed by atoms with E-state index in [4.69, 9.17) is 11.6 Å². The van der Waals surface area contributed by atoms with Crippen molar-refractivity contribution in [2.45, 2.75) is 18.4 Å². The molecule has 0 amide bonds. The van der Waals surface area contributed by atoms with Crippen LogP contribution in [0.4, 0.5) is 10.1 Å². The lowest BCUT2D eigenvalue weighted by atomic mass is 9.75. The van der Waals surface area contributed by atoms with Gasteiger partial charge in [-0.3, -0.25) is 0 Å². The lowest BCUT2D eigenvalue weighted by molar-refractivity contribution is 0.0695. The lowest BCUT2D eigenvalue weighted by Gasteiger charge is -2.38. The molecule has 1 aliphatic carbocycles. The maximum absolute atomic E-state index is 14.3. The molecule has 2 aromatic rings. The fraction of sp³-hybridized carbons (Fsp3) is 0.211. The molecule has 5 heteroatoms. The topological polar surface area (TPSA) is 49.3 Å². The maximum Gasteiger partial charge on any atom is 0.336 e. The highest BCUT2D eigenvalue weighted by molar-refractivity contribution is 6.33. The first-order valence-corrected chi connectivity index (χ1v) is 8.19. The van der Waals surface area contributed by atoms with E-state index in [1.807, 2.05) is 18.2 Å². The SMILES string of the molecule is O=C(O)c1ccc(Cl)c2c1[C@H]1C=CC[C@H]1[C@H](c1ccccc1F)N2. The molecule has 2 N–H and O–H groups in total. The standard InChI is InChI=1S/C19H15ClFNO2/c20-14-9-8-13(19(23)24)16-10-5-3-6-11(10)17(22-18(14)16)12-4-1-2-7-15(12)21/h1-5,7-11,17,22H,6H2,(H,23,24)/t10-,11+,17+/m0/s1. The zero-order valence-corrected chi connectivity index (χ0v) is 13.4. The van der Waals surface area contributed by atoms with Gasteiger partial charge in [-0.2, -0.15) is 0 Å². The molecule has 0 radical (unpaired) electrons. The van der Waals surface area contributed by atoms with E-state index >= 15 is 0 Å². The molecule has 0 fully saturated rings. The number of aromatic carboxylic acids is 1. The molecule has 0 unspecified atom stereocenters. The van der Waals surface area contributed by atoms with Crippen molar-refractivity contribution < 1.29 is 14.3 Å². The first-order chi connectivity index (χ1) is 11.6. The zero-order chi connectivity index (χ0) is 16.8. The minimum Gasteiger partial charge on any atom is -0.478 e. The van der Waals surface area contributed by atoms with Crippen molar-refractivity contribution in [2.24, 2.45) is 5.92 Å². The number of benzene rings is 2. The molecule has 0 aromatic heterocycles. The van der Waals surface area contributed by atoms with Crippen LogP contribution >= 0.6 is 11.6 Å². The number of carboxylic acid groups (broad SMARTS) is 1. The van der Waals surface area contributed by atoms with Gasteiger partial charge in [0.2, 0.25) is 0 Å².